The number of hydrogen-bond acceptors (Lipinski definition) is 1. The van der Waals surface area contributed by atoms with Gasteiger partial charge in [0.25, 0.3) is 0 Å². The van der Waals surface area contributed by atoms with Gasteiger partial charge < -0.3 is 5.32 Å². The van der Waals surface area contributed by atoms with Crippen LogP contribution in [-0.4, -0.2) is 6.54 Å². The molecule has 1 N–H and O–H groups in total. The van der Waals surface area contributed by atoms with E-state index in [4.69, 9.17) is 0 Å². The second-order valence-corrected chi connectivity index (χ2v) is 5.51. The Kier molecular flexibility index (Phi) is 4.04. The minimum Gasteiger partial charge on any atom is -0.307 e. The summed E-state index contributed by atoms with van der Waals surface area (Å²) < 4.78 is 1.24. The third kappa shape index (κ3) is 2.33. The number of nitrogens with one attached hydrogen (secondary N) is 1. The molecule has 0 radical (unpaired) electrons. The zero-order valence-electron chi connectivity index (χ0n) is 9.93. The summed E-state index contributed by atoms with van der Waals surface area (Å²) >= 11 is 3.69. The van der Waals surface area contributed by atoms with Gasteiger partial charge >= 0.3 is 0 Å². The van der Waals surface area contributed by atoms with Crippen LogP contribution in [0, 0.1) is 0 Å². The zero-order valence-corrected chi connectivity index (χ0v) is 11.5. The molecular formula is C14H20BrN. The van der Waals surface area contributed by atoms with E-state index >= 15 is 0 Å². The molecule has 1 heterocycles. The highest BCUT2D eigenvalue weighted by molar-refractivity contribution is 9.10. The van der Waals surface area contributed by atoms with E-state index < -0.39 is 0 Å². The summed E-state index contributed by atoms with van der Waals surface area (Å²) in [5.41, 5.74) is 1.62. The lowest BCUT2D eigenvalue weighted by Gasteiger charge is -2.34. The number of benzene rings is 1. The van der Waals surface area contributed by atoms with Crippen molar-refractivity contribution in [3.05, 3.63) is 34.3 Å². The minimum absolute atomic E-state index is 0.191. The number of halogens is 1. The second-order valence-electron chi connectivity index (χ2n) is 4.65. The highest BCUT2D eigenvalue weighted by Crippen LogP contribution is 2.36. The van der Waals surface area contributed by atoms with Crippen molar-refractivity contribution in [2.45, 2.75) is 44.6 Å². The Bertz CT molecular complexity index is 340. The average molecular weight is 282 g/mol. The van der Waals surface area contributed by atoms with Crippen molar-refractivity contribution in [2.24, 2.45) is 0 Å². The Labute approximate surface area is 107 Å². The molecule has 1 aromatic rings. The first-order valence-electron chi connectivity index (χ1n) is 6.28. The number of rotatable bonds is 2. The van der Waals surface area contributed by atoms with E-state index in [0.717, 1.165) is 13.0 Å². The monoisotopic (exact) mass is 281 g/mol. The predicted octanol–water partition coefficient (Wildman–Crippen LogP) is 4.22. The Morgan fingerprint density at radius 1 is 1.25 bits per heavy atom. The standard InChI is InChI=1S/C14H20BrN/c1-2-14(10-6-3-7-11-16-14)12-8-4-5-9-13(12)15/h4-5,8-9,16H,2-3,6-7,10-11H2,1H3. The quantitative estimate of drug-likeness (QED) is 0.856. The van der Waals surface area contributed by atoms with Crippen LogP contribution in [0.25, 0.3) is 0 Å². The molecule has 1 unspecified atom stereocenters. The highest BCUT2D eigenvalue weighted by atomic mass is 79.9. The van der Waals surface area contributed by atoms with E-state index in [1.54, 1.807) is 0 Å². The van der Waals surface area contributed by atoms with E-state index in [1.165, 1.54) is 35.7 Å². The topological polar surface area (TPSA) is 12.0 Å². The molecule has 0 saturated carbocycles. The first-order valence-corrected chi connectivity index (χ1v) is 7.08. The van der Waals surface area contributed by atoms with E-state index in [0.29, 0.717) is 0 Å². The van der Waals surface area contributed by atoms with Crippen molar-refractivity contribution >= 4 is 15.9 Å². The highest BCUT2D eigenvalue weighted by Gasteiger charge is 2.31. The van der Waals surface area contributed by atoms with Gasteiger partial charge in [-0.2, -0.15) is 0 Å². The second kappa shape index (κ2) is 5.33. The molecule has 1 aliphatic rings. The first-order chi connectivity index (χ1) is 7.78. The third-order valence-electron chi connectivity index (χ3n) is 3.74. The Morgan fingerprint density at radius 3 is 2.81 bits per heavy atom. The van der Waals surface area contributed by atoms with E-state index in [9.17, 15) is 0 Å². The summed E-state index contributed by atoms with van der Waals surface area (Å²) in [7, 11) is 0. The lowest BCUT2D eigenvalue weighted by Crippen LogP contribution is -2.41. The van der Waals surface area contributed by atoms with Gasteiger partial charge in [0, 0.05) is 10.0 Å². The van der Waals surface area contributed by atoms with E-state index in [-0.39, 0.29) is 5.54 Å². The SMILES string of the molecule is CCC1(c2ccccc2Br)CCCCCN1. The molecule has 0 amide bonds. The molecule has 1 saturated heterocycles. The summed E-state index contributed by atoms with van der Waals surface area (Å²) in [5, 5.41) is 3.77. The van der Waals surface area contributed by atoms with Crippen LogP contribution >= 0.6 is 15.9 Å². The summed E-state index contributed by atoms with van der Waals surface area (Å²) in [4.78, 5) is 0. The molecule has 2 heteroatoms. The van der Waals surface area contributed by atoms with Gasteiger partial charge in [-0.25, -0.2) is 0 Å². The molecule has 1 aliphatic heterocycles. The molecule has 0 aliphatic carbocycles. The van der Waals surface area contributed by atoms with E-state index in [1.807, 2.05) is 0 Å². The Hall–Kier alpha value is -0.340. The lowest BCUT2D eigenvalue weighted by atomic mass is 9.83. The van der Waals surface area contributed by atoms with Gasteiger partial charge in [-0.05, 0) is 37.4 Å². The molecule has 1 fully saturated rings. The van der Waals surface area contributed by atoms with Gasteiger partial charge in [0.1, 0.15) is 0 Å². The summed E-state index contributed by atoms with van der Waals surface area (Å²) in [5.74, 6) is 0. The van der Waals surface area contributed by atoms with Crippen LogP contribution in [0.2, 0.25) is 0 Å². The minimum atomic E-state index is 0.191. The molecule has 16 heavy (non-hydrogen) atoms. The summed E-state index contributed by atoms with van der Waals surface area (Å²) in [6.45, 7) is 3.44. The fourth-order valence-corrected chi connectivity index (χ4v) is 3.38. The summed E-state index contributed by atoms with van der Waals surface area (Å²) in [6.07, 6.45) is 6.43. The van der Waals surface area contributed by atoms with E-state index in [2.05, 4.69) is 52.4 Å². The maximum absolute atomic E-state index is 3.77. The molecule has 1 atom stereocenters. The van der Waals surface area contributed by atoms with Crippen molar-refractivity contribution in [3.8, 4) is 0 Å². The van der Waals surface area contributed by atoms with Gasteiger partial charge in [-0.15, -0.1) is 0 Å². The van der Waals surface area contributed by atoms with Gasteiger partial charge in [0.15, 0.2) is 0 Å². The molecule has 2 rings (SSSR count). The van der Waals surface area contributed by atoms with Crippen molar-refractivity contribution in [3.63, 3.8) is 0 Å². The van der Waals surface area contributed by atoms with Crippen molar-refractivity contribution in [1.82, 2.24) is 5.32 Å². The molecule has 0 aromatic heterocycles. The van der Waals surface area contributed by atoms with Gasteiger partial charge in [0.2, 0.25) is 0 Å². The molecule has 1 aromatic carbocycles. The van der Waals surface area contributed by atoms with Crippen molar-refractivity contribution in [1.29, 1.82) is 0 Å². The van der Waals surface area contributed by atoms with Crippen molar-refractivity contribution < 1.29 is 0 Å². The molecule has 0 spiro atoms. The van der Waals surface area contributed by atoms with Crippen LogP contribution in [0.1, 0.15) is 44.6 Å². The molecular weight excluding hydrogens is 262 g/mol. The van der Waals surface area contributed by atoms with Crippen LogP contribution in [-0.2, 0) is 5.54 Å². The smallest absolute Gasteiger partial charge is 0.0443 e. The fraction of sp³-hybridized carbons (Fsp3) is 0.571. The fourth-order valence-electron chi connectivity index (χ4n) is 2.72. The van der Waals surface area contributed by atoms with Gasteiger partial charge in [-0.1, -0.05) is 53.9 Å². The van der Waals surface area contributed by atoms with Crippen LogP contribution in [0.3, 0.4) is 0 Å². The molecule has 1 nitrogen and oxygen atoms in total. The number of hydrogen-bond donors (Lipinski definition) is 1. The van der Waals surface area contributed by atoms with Gasteiger partial charge in [0.05, 0.1) is 0 Å². The van der Waals surface area contributed by atoms with Gasteiger partial charge in [-0.3, -0.25) is 0 Å². The van der Waals surface area contributed by atoms with Crippen LogP contribution < -0.4 is 5.32 Å². The predicted molar refractivity (Wildman–Crippen MR) is 72.6 cm³/mol. The maximum atomic E-state index is 3.77. The molecule has 88 valence electrons. The normalized spacial score (nSPS) is 26.4. The summed E-state index contributed by atoms with van der Waals surface area (Å²) in [6, 6.07) is 8.64. The Morgan fingerprint density at radius 2 is 2.06 bits per heavy atom. The largest absolute Gasteiger partial charge is 0.307 e. The average Bonchev–Trinajstić information content (AvgIpc) is 2.56. The van der Waals surface area contributed by atoms with Crippen LogP contribution in [0.5, 0.6) is 0 Å². The maximum Gasteiger partial charge on any atom is 0.0443 e. The lowest BCUT2D eigenvalue weighted by molar-refractivity contribution is 0.311. The first kappa shape index (κ1) is 12.1. The Balaban J connectivity index is 2.36. The zero-order chi connectivity index (χ0) is 11.4. The van der Waals surface area contributed by atoms with Crippen molar-refractivity contribution in [2.75, 3.05) is 6.54 Å². The molecule has 0 bridgehead atoms. The van der Waals surface area contributed by atoms with Crippen LogP contribution in [0.4, 0.5) is 0 Å². The third-order valence-corrected chi connectivity index (χ3v) is 4.43. The van der Waals surface area contributed by atoms with Crippen LogP contribution in [0.15, 0.2) is 28.7 Å².